The van der Waals surface area contributed by atoms with Crippen molar-refractivity contribution in [3.63, 3.8) is 0 Å². The Bertz CT molecular complexity index is 347. The Morgan fingerprint density at radius 3 is 1.85 bits per heavy atom. The van der Waals surface area contributed by atoms with Crippen molar-refractivity contribution in [2.45, 2.75) is 0 Å². The molecule has 26 heavy (non-hydrogen) atoms. The van der Waals surface area contributed by atoms with Crippen LogP contribution in [-0.2, 0) is 84.5 Å². The summed E-state index contributed by atoms with van der Waals surface area (Å²) in [7, 11) is 1.54. The summed E-state index contributed by atoms with van der Waals surface area (Å²) < 4.78 is 9.61. The van der Waals surface area contributed by atoms with Crippen LogP contribution in [0.4, 0.5) is 0 Å². The number of rotatable bonds is 10. The minimum atomic E-state index is -0.312. The van der Waals surface area contributed by atoms with Gasteiger partial charge >= 0.3 is 0 Å². The van der Waals surface area contributed by atoms with Gasteiger partial charge in [-0.15, -0.1) is 0 Å². The molecule has 148 valence electrons. The van der Waals surface area contributed by atoms with Gasteiger partial charge in [0, 0.05) is 90.5 Å². The average molecular weight is 527 g/mol. The molecule has 0 unspecified atom stereocenters. The van der Waals surface area contributed by atoms with E-state index in [2.05, 4.69) is 34.5 Å². The molecule has 0 saturated heterocycles. The molecule has 13 heteroatoms. The summed E-state index contributed by atoms with van der Waals surface area (Å²) in [5.41, 5.74) is 7.78. The van der Waals surface area contributed by atoms with Crippen molar-refractivity contribution in [1.29, 1.82) is 0 Å². The molecule has 0 heterocycles. The van der Waals surface area contributed by atoms with E-state index in [1.165, 1.54) is 7.05 Å². The fraction of sp³-hybridized carbons (Fsp3) is 0.692. The molecule has 4 N–H and O–H groups in total. The summed E-state index contributed by atoms with van der Waals surface area (Å²) in [6, 6.07) is 0. The van der Waals surface area contributed by atoms with E-state index in [4.69, 9.17) is 25.2 Å². The zero-order valence-corrected chi connectivity index (χ0v) is 20.8. The average Bonchev–Trinajstić information content (AvgIpc) is 2.55. The van der Waals surface area contributed by atoms with Gasteiger partial charge in [0.25, 0.3) is 0 Å². The standard InChI is InChI=1S/C6H12NO3.C4H9N3O2.C3H6NO.2Y/c1-6(9)7-2-4-10-5-3-8;5-7-6-1-3-9-4-2-8;1-3(5)4-2;;/h8H,1-5H2,(H,7,9);8H,1-4H2;1H2,2H3,(H,4,5);;/q-1;;-1;;. The molecule has 0 aromatic rings. The number of azide groups is 1. The van der Waals surface area contributed by atoms with Gasteiger partial charge in [-0.1, -0.05) is 5.11 Å². The predicted molar refractivity (Wildman–Crippen MR) is 87.6 cm³/mol. The van der Waals surface area contributed by atoms with Crippen LogP contribution in [0.3, 0.4) is 0 Å². The third-order valence-corrected chi connectivity index (χ3v) is 1.72. The van der Waals surface area contributed by atoms with Crippen molar-refractivity contribution < 1.29 is 94.7 Å². The van der Waals surface area contributed by atoms with Gasteiger partial charge in [0.1, 0.15) is 0 Å². The largest absolute Gasteiger partial charge is 0.394 e. The van der Waals surface area contributed by atoms with Crippen LogP contribution >= 0.6 is 0 Å². The van der Waals surface area contributed by atoms with Gasteiger partial charge in [0.2, 0.25) is 0 Å². The molecule has 0 aromatic heterocycles. The number of carbonyl (C=O) groups excluding carboxylic acids is 2. The Morgan fingerprint density at radius 1 is 1.04 bits per heavy atom. The second kappa shape index (κ2) is 36.0. The molecule has 0 rings (SSSR count). The van der Waals surface area contributed by atoms with Crippen molar-refractivity contribution >= 4 is 11.8 Å². The van der Waals surface area contributed by atoms with E-state index in [0.717, 1.165) is 0 Å². The minimum Gasteiger partial charge on any atom is -0.394 e. The van der Waals surface area contributed by atoms with E-state index < -0.39 is 0 Å². The van der Waals surface area contributed by atoms with Crippen molar-refractivity contribution in [3.8, 4) is 0 Å². The zero-order chi connectivity index (χ0) is 19.1. The molecule has 0 aliphatic carbocycles. The maximum absolute atomic E-state index is 10.1. The molecular formula is C13H27N5O6Y2-2. The van der Waals surface area contributed by atoms with Crippen molar-refractivity contribution in [1.82, 2.24) is 10.6 Å². The third kappa shape index (κ3) is 56.4. The molecular weight excluding hydrogens is 500 g/mol. The first kappa shape index (κ1) is 36.9. The summed E-state index contributed by atoms with van der Waals surface area (Å²) >= 11 is 0. The van der Waals surface area contributed by atoms with Gasteiger partial charge in [0.05, 0.1) is 51.5 Å². The number of aliphatic hydroxyl groups excluding tert-OH is 2. The van der Waals surface area contributed by atoms with Gasteiger partial charge in [-0.25, -0.2) is 0 Å². The van der Waals surface area contributed by atoms with Crippen LogP contribution in [-0.4, -0.2) is 81.8 Å². The third-order valence-electron chi connectivity index (χ3n) is 1.72. The van der Waals surface area contributed by atoms with Crippen molar-refractivity contribution in [2.24, 2.45) is 5.11 Å². The van der Waals surface area contributed by atoms with Crippen molar-refractivity contribution in [3.05, 3.63) is 24.3 Å². The first-order chi connectivity index (χ1) is 11.5. The number of hydrogen-bond donors (Lipinski definition) is 4. The molecule has 2 amide bonds. The predicted octanol–water partition coefficient (Wildman–Crippen LogP) is -1.19. The second-order valence-corrected chi connectivity index (χ2v) is 3.65. The van der Waals surface area contributed by atoms with Crippen LogP contribution in [0.5, 0.6) is 0 Å². The maximum atomic E-state index is 10.1. The fourth-order valence-electron chi connectivity index (χ4n) is 0.746. The number of amides is 2. The van der Waals surface area contributed by atoms with E-state index >= 15 is 0 Å². The Kier molecular flexibility index (Phi) is 51.1. The van der Waals surface area contributed by atoms with Crippen LogP contribution in [0.15, 0.2) is 5.11 Å². The van der Waals surface area contributed by atoms with Crippen LogP contribution < -0.4 is 10.6 Å². The summed E-state index contributed by atoms with van der Waals surface area (Å²) in [4.78, 5) is 22.3. The first-order valence-corrected chi connectivity index (χ1v) is 6.97. The molecule has 2 radical (unpaired) electrons. The monoisotopic (exact) mass is 527 g/mol. The maximum Gasteiger partial charge on any atom is 0.0797 e. The number of hydrogen-bond acceptors (Lipinski definition) is 7. The molecule has 0 spiro atoms. The number of nitrogens with zero attached hydrogens (tertiary/aromatic N) is 3. The van der Waals surface area contributed by atoms with Crippen LogP contribution in [0.2, 0.25) is 0 Å². The van der Waals surface area contributed by atoms with E-state index in [1.54, 1.807) is 0 Å². The normalized spacial score (nSPS) is 7.81. The van der Waals surface area contributed by atoms with Gasteiger partial charge in [-0.05, 0) is 5.53 Å². The number of ether oxygens (including phenoxy) is 2. The Balaban J connectivity index is -0.0000000856. The molecule has 0 fully saturated rings. The summed E-state index contributed by atoms with van der Waals surface area (Å²) in [6.45, 7) is 8.32. The smallest absolute Gasteiger partial charge is 0.0797 e. The Hall–Kier alpha value is 0.0378. The minimum absolute atomic E-state index is 0. The van der Waals surface area contributed by atoms with E-state index in [1.807, 2.05) is 0 Å². The van der Waals surface area contributed by atoms with E-state index in [0.29, 0.717) is 39.5 Å². The van der Waals surface area contributed by atoms with E-state index in [-0.39, 0.29) is 90.4 Å². The molecule has 0 aliphatic rings. The molecule has 0 bridgehead atoms. The van der Waals surface area contributed by atoms with Crippen LogP contribution in [0, 0.1) is 13.8 Å². The summed E-state index contributed by atoms with van der Waals surface area (Å²) in [5.74, 6) is -0.558. The molecule has 11 nitrogen and oxygen atoms in total. The number of carbonyl (C=O) groups is 2. The van der Waals surface area contributed by atoms with Crippen LogP contribution in [0.25, 0.3) is 10.4 Å². The zero-order valence-electron chi connectivity index (χ0n) is 15.1. The Morgan fingerprint density at radius 2 is 1.50 bits per heavy atom. The van der Waals surface area contributed by atoms with Gasteiger partial charge in [0.15, 0.2) is 0 Å². The first-order valence-electron chi connectivity index (χ1n) is 6.97. The molecule has 0 aromatic carbocycles. The quantitative estimate of drug-likeness (QED) is 0.0918. The second-order valence-electron chi connectivity index (χ2n) is 3.65. The van der Waals surface area contributed by atoms with E-state index in [9.17, 15) is 9.59 Å². The SMILES string of the molecule is [CH2-]C(=O)NC.[CH2-]C(=O)NCCOCCO.[N-]=[N+]=NCCOCCO.[Y].[Y]. The summed E-state index contributed by atoms with van der Waals surface area (Å²) in [6.07, 6.45) is 0. The molecule has 0 atom stereocenters. The van der Waals surface area contributed by atoms with Gasteiger partial charge in [-0.2, -0.15) is 0 Å². The van der Waals surface area contributed by atoms with Crippen LogP contribution in [0.1, 0.15) is 0 Å². The summed E-state index contributed by atoms with van der Waals surface area (Å²) in [5, 5.41) is 24.4. The number of aliphatic hydroxyl groups is 2. The fourth-order valence-corrected chi connectivity index (χ4v) is 0.746. The van der Waals surface area contributed by atoms with Gasteiger partial charge < -0.3 is 53.8 Å². The van der Waals surface area contributed by atoms with Gasteiger partial charge in [-0.3, -0.25) is 0 Å². The number of nitrogens with one attached hydrogen (secondary N) is 2. The van der Waals surface area contributed by atoms with Crippen molar-refractivity contribution in [2.75, 3.05) is 59.8 Å². The Labute approximate surface area is 204 Å². The molecule has 0 saturated carbocycles. The molecule has 0 aliphatic heterocycles. The topological polar surface area (TPSA) is 166 Å².